The van der Waals surface area contributed by atoms with E-state index in [-0.39, 0.29) is 16.9 Å². The minimum absolute atomic E-state index is 0.108. The van der Waals surface area contributed by atoms with E-state index >= 15 is 0 Å². The Labute approximate surface area is 197 Å². The van der Waals surface area contributed by atoms with Gasteiger partial charge in [-0.15, -0.1) is 0 Å². The van der Waals surface area contributed by atoms with E-state index in [9.17, 15) is 4.79 Å². The molecule has 0 bridgehead atoms. The molecule has 2 rings (SSSR count). The highest BCUT2D eigenvalue weighted by Gasteiger charge is 2.51. The first-order chi connectivity index (χ1) is 15.4. The standard InChI is InChI=1S/C29H44O2Si/c1-6-8-9-10-11-12-19-24-27(30)28(7-2)31-32(29(3,4)5,25-20-15-13-16-21-25)26-22-17-14-18-23-26/h13-18,20-23,28H,6-12,19,24H2,1-5H3. The third kappa shape index (κ3) is 6.89. The van der Waals surface area contributed by atoms with Crippen molar-refractivity contribution in [3.63, 3.8) is 0 Å². The van der Waals surface area contributed by atoms with Crippen molar-refractivity contribution in [2.45, 2.75) is 104 Å². The Morgan fingerprint density at radius 1 is 0.781 bits per heavy atom. The van der Waals surface area contributed by atoms with Gasteiger partial charge in [-0.1, -0.05) is 134 Å². The molecular formula is C29H44O2Si. The first-order valence-electron chi connectivity index (χ1n) is 12.7. The largest absolute Gasteiger partial charge is 0.397 e. The number of ketones is 1. The van der Waals surface area contributed by atoms with E-state index in [1.54, 1.807) is 0 Å². The highest BCUT2D eigenvalue weighted by atomic mass is 28.4. The molecule has 0 saturated carbocycles. The normalized spacial score (nSPS) is 13.2. The van der Waals surface area contributed by atoms with E-state index in [1.807, 2.05) is 0 Å². The van der Waals surface area contributed by atoms with E-state index in [0.717, 1.165) is 19.3 Å². The molecule has 0 saturated heterocycles. The Bertz CT molecular complexity index is 740. The summed E-state index contributed by atoms with van der Waals surface area (Å²) in [5.41, 5.74) is 0. The fraction of sp³-hybridized carbons (Fsp3) is 0.552. The monoisotopic (exact) mass is 452 g/mol. The SMILES string of the molecule is CCCCCCCCCC(=O)C(CC)O[Si](c1ccccc1)(c1ccccc1)C(C)(C)C. The van der Waals surface area contributed by atoms with E-state index in [1.165, 1.54) is 42.5 Å². The van der Waals surface area contributed by atoms with Crippen molar-refractivity contribution < 1.29 is 9.22 Å². The molecule has 0 spiro atoms. The molecule has 0 aliphatic carbocycles. The maximum absolute atomic E-state index is 13.3. The quantitative estimate of drug-likeness (QED) is 0.227. The third-order valence-corrected chi connectivity index (χ3v) is 11.5. The molecule has 2 aromatic rings. The molecule has 1 unspecified atom stereocenters. The lowest BCUT2D eigenvalue weighted by molar-refractivity contribution is -0.126. The summed E-state index contributed by atoms with van der Waals surface area (Å²) in [7, 11) is -2.69. The van der Waals surface area contributed by atoms with Crippen LogP contribution in [0.2, 0.25) is 5.04 Å². The van der Waals surface area contributed by atoms with E-state index in [4.69, 9.17) is 4.43 Å². The van der Waals surface area contributed by atoms with Crippen LogP contribution in [-0.2, 0) is 9.22 Å². The number of hydrogen-bond donors (Lipinski definition) is 0. The van der Waals surface area contributed by atoms with Gasteiger partial charge >= 0.3 is 0 Å². The molecule has 0 amide bonds. The minimum atomic E-state index is -2.69. The van der Waals surface area contributed by atoms with Crippen molar-refractivity contribution in [3.8, 4) is 0 Å². The molecule has 0 aliphatic rings. The van der Waals surface area contributed by atoms with Crippen LogP contribution in [0.25, 0.3) is 0 Å². The highest BCUT2D eigenvalue weighted by Crippen LogP contribution is 2.38. The van der Waals surface area contributed by atoms with Gasteiger partial charge < -0.3 is 4.43 Å². The van der Waals surface area contributed by atoms with Crippen molar-refractivity contribution >= 4 is 24.5 Å². The second-order valence-electron chi connectivity index (χ2n) is 10.0. The molecule has 3 heteroatoms. The summed E-state index contributed by atoms with van der Waals surface area (Å²) in [6.07, 6.45) is 9.57. The fourth-order valence-electron chi connectivity index (χ4n) is 4.70. The van der Waals surface area contributed by atoms with Crippen LogP contribution in [0, 0.1) is 0 Å². The van der Waals surface area contributed by atoms with Crippen LogP contribution in [0.15, 0.2) is 60.7 Å². The van der Waals surface area contributed by atoms with Crippen molar-refractivity contribution in [1.29, 1.82) is 0 Å². The van der Waals surface area contributed by atoms with Gasteiger partial charge in [0, 0.05) is 6.42 Å². The molecule has 0 aliphatic heterocycles. The van der Waals surface area contributed by atoms with E-state index in [2.05, 4.69) is 95.3 Å². The molecule has 32 heavy (non-hydrogen) atoms. The summed E-state index contributed by atoms with van der Waals surface area (Å²) in [5, 5.41) is 2.37. The van der Waals surface area contributed by atoms with Gasteiger partial charge in [-0.2, -0.15) is 0 Å². The summed E-state index contributed by atoms with van der Waals surface area (Å²) < 4.78 is 7.09. The number of benzene rings is 2. The maximum atomic E-state index is 13.3. The lowest BCUT2D eigenvalue weighted by atomic mass is 10.0. The van der Waals surface area contributed by atoms with E-state index < -0.39 is 8.32 Å². The number of carbonyl (C=O) groups is 1. The molecule has 1 atom stereocenters. The summed E-state index contributed by atoms with van der Waals surface area (Å²) >= 11 is 0. The van der Waals surface area contributed by atoms with E-state index in [0.29, 0.717) is 6.42 Å². The van der Waals surface area contributed by atoms with Gasteiger partial charge in [0.1, 0.15) is 6.10 Å². The van der Waals surface area contributed by atoms with Crippen LogP contribution >= 0.6 is 0 Å². The van der Waals surface area contributed by atoms with Crippen molar-refractivity contribution in [1.82, 2.24) is 0 Å². The van der Waals surface area contributed by atoms with Gasteiger partial charge in [-0.25, -0.2) is 0 Å². The van der Waals surface area contributed by atoms with Gasteiger partial charge in [0.2, 0.25) is 0 Å². The predicted molar refractivity (Wildman–Crippen MR) is 140 cm³/mol. The van der Waals surface area contributed by atoms with Gasteiger partial charge in [0.05, 0.1) is 0 Å². The van der Waals surface area contributed by atoms with Crippen LogP contribution in [-0.4, -0.2) is 20.2 Å². The van der Waals surface area contributed by atoms with Gasteiger partial charge in [0.15, 0.2) is 5.78 Å². The molecule has 0 fully saturated rings. The van der Waals surface area contributed by atoms with Crippen LogP contribution in [0.3, 0.4) is 0 Å². The summed E-state index contributed by atoms with van der Waals surface area (Å²) in [6, 6.07) is 21.3. The molecule has 0 heterocycles. The average Bonchev–Trinajstić information content (AvgIpc) is 2.79. The second kappa shape index (κ2) is 13.1. The van der Waals surface area contributed by atoms with Crippen LogP contribution in [0.4, 0.5) is 0 Å². The summed E-state index contributed by atoms with van der Waals surface area (Å²) in [4.78, 5) is 13.3. The molecule has 0 radical (unpaired) electrons. The summed E-state index contributed by atoms with van der Waals surface area (Å²) in [5.74, 6) is 0.272. The zero-order chi connectivity index (χ0) is 23.5. The van der Waals surface area contributed by atoms with Crippen LogP contribution in [0.5, 0.6) is 0 Å². The lowest BCUT2D eigenvalue weighted by Gasteiger charge is -2.44. The van der Waals surface area contributed by atoms with Gasteiger partial charge in [-0.05, 0) is 28.3 Å². The van der Waals surface area contributed by atoms with Gasteiger partial charge in [0.25, 0.3) is 8.32 Å². The number of carbonyl (C=O) groups excluding carboxylic acids is 1. The number of hydrogen-bond acceptors (Lipinski definition) is 2. The predicted octanol–water partition coefficient (Wildman–Crippen LogP) is 7.05. The number of unbranched alkanes of at least 4 members (excludes halogenated alkanes) is 6. The minimum Gasteiger partial charge on any atom is -0.397 e. The molecule has 2 aromatic carbocycles. The van der Waals surface area contributed by atoms with Crippen LogP contribution in [0.1, 0.15) is 92.4 Å². The maximum Gasteiger partial charge on any atom is 0.262 e. The zero-order valence-corrected chi connectivity index (χ0v) is 22.0. The van der Waals surface area contributed by atoms with Gasteiger partial charge in [-0.3, -0.25) is 4.79 Å². The highest BCUT2D eigenvalue weighted by molar-refractivity contribution is 6.99. The van der Waals surface area contributed by atoms with Crippen LogP contribution < -0.4 is 10.4 Å². The summed E-state index contributed by atoms with van der Waals surface area (Å²) in [6.45, 7) is 11.1. The Morgan fingerprint density at radius 2 is 1.25 bits per heavy atom. The Hall–Kier alpha value is -1.71. The van der Waals surface area contributed by atoms with Crippen molar-refractivity contribution in [3.05, 3.63) is 60.7 Å². The smallest absolute Gasteiger partial charge is 0.262 e. The fourth-order valence-corrected chi connectivity index (χ4v) is 9.44. The third-order valence-electron chi connectivity index (χ3n) is 6.49. The first kappa shape index (κ1) is 26.5. The first-order valence-corrected chi connectivity index (χ1v) is 14.6. The Kier molecular flexibility index (Phi) is 10.9. The zero-order valence-electron chi connectivity index (χ0n) is 21.0. The van der Waals surface area contributed by atoms with Crippen molar-refractivity contribution in [2.75, 3.05) is 0 Å². The Balaban J connectivity index is 2.23. The number of rotatable bonds is 14. The van der Waals surface area contributed by atoms with Crippen molar-refractivity contribution in [2.24, 2.45) is 0 Å². The molecule has 0 N–H and O–H groups in total. The Morgan fingerprint density at radius 3 is 1.69 bits per heavy atom. The number of Topliss-reactive ketones (excluding diaryl/α,β-unsaturated/α-hetero) is 1. The topological polar surface area (TPSA) is 26.3 Å². The molecular weight excluding hydrogens is 408 g/mol. The lowest BCUT2D eigenvalue weighted by Crippen LogP contribution is -2.68. The second-order valence-corrected chi connectivity index (χ2v) is 14.3. The molecule has 2 nitrogen and oxygen atoms in total. The molecule has 176 valence electrons. The average molecular weight is 453 g/mol. The molecule has 0 aromatic heterocycles.